The molecule has 0 aliphatic carbocycles. The summed E-state index contributed by atoms with van der Waals surface area (Å²) in [7, 11) is 0. The highest BCUT2D eigenvalue weighted by Gasteiger charge is 2.42. The quantitative estimate of drug-likeness (QED) is 0.483. The Morgan fingerprint density at radius 2 is 1.60 bits per heavy atom. The highest BCUT2D eigenvalue weighted by Crippen LogP contribution is 2.29. The third kappa shape index (κ3) is 3.17. The second-order valence-electron chi connectivity index (χ2n) is 1.24. The van der Waals surface area contributed by atoms with Gasteiger partial charge in [0.05, 0.1) is 0 Å². The van der Waals surface area contributed by atoms with Gasteiger partial charge in [0.25, 0.3) is 0 Å². The van der Waals surface area contributed by atoms with E-state index in [2.05, 4.69) is 16.3 Å². The summed E-state index contributed by atoms with van der Waals surface area (Å²) < 4.78 is 58.9. The molecule has 0 radical (unpaired) electrons. The smallest absolute Gasteiger partial charge is 0.267 e. The standard InChI is InChI=1S/C3H2ClF5O/c4-3(9,1(5)6)10-2(7)8/h1-2H. The van der Waals surface area contributed by atoms with Crippen molar-refractivity contribution in [2.24, 2.45) is 0 Å². The molecule has 1 atom stereocenters. The fourth-order valence-corrected chi connectivity index (χ4v) is 0.238. The molecule has 0 aliphatic rings. The lowest BCUT2D eigenvalue weighted by atomic mass is 10.7. The Bertz CT molecular complexity index is 105. The van der Waals surface area contributed by atoms with Crippen LogP contribution in [0.2, 0.25) is 0 Å². The van der Waals surface area contributed by atoms with E-state index in [0.29, 0.717) is 0 Å². The summed E-state index contributed by atoms with van der Waals surface area (Å²) in [5.74, 6) is 0. The van der Waals surface area contributed by atoms with E-state index in [-0.39, 0.29) is 0 Å². The van der Waals surface area contributed by atoms with Crippen LogP contribution in [0.4, 0.5) is 22.0 Å². The Balaban J connectivity index is 3.87. The Morgan fingerprint density at radius 3 is 1.70 bits per heavy atom. The van der Waals surface area contributed by atoms with Crippen molar-refractivity contribution in [3.05, 3.63) is 0 Å². The van der Waals surface area contributed by atoms with Crippen LogP contribution in [0.25, 0.3) is 0 Å². The van der Waals surface area contributed by atoms with Gasteiger partial charge in [-0.15, -0.1) is 0 Å². The molecule has 0 aromatic carbocycles. The molecule has 0 amide bonds. The summed E-state index contributed by atoms with van der Waals surface area (Å²) in [4.78, 5) is 0. The highest BCUT2D eigenvalue weighted by molar-refractivity contribution is 6.22. The van der Waals surface area contributed by atoms with Gasteiger partial charge in [-0.05, 0) is 11.6 Å². The molecule has 0 N–H and O–H groups in total. The molecule has 1 unspecified atom stereocenters. The number of alkyl halides is 6. The SMILES string of the molecule is FC(F)OC(F)(Cl)C(F)F. The zero-order valence-corrected chi connectivity index (χ0v) is 5.09. The van der Waals surface area contributed by atoms with Crippen LogP contribution in [-0.4, -0.2) is 18.4 Å². The van der Waals surface area contributed by atoms with Gasteiger partial charge in [-0.2, -0.15) is 13.2 Å². The highest BCUT2D eigenvalue weighted by atomic mass is 35.5. The number of rotatable bonds is 3. The van der Waals surface area contributed by atoms with Gasteiger partial charge in [-0.25, -0.2) is 8.78 Å². The lowest BCUT2D eigenvalue weighted by Crippen LogP contribution is -2.30. The van der Waals surface area contributed by atoms with Crippen molar-refractivity contribution >= 4 is 11.6 Å². The lowest BCUT2D eigenvalue weighted by molar-refractivity contribution is -0.259. The van der Waals surface area contributed by atoms with Gasteiger partial charge >= 0.3 is 18.4 Å². The van der Waals surface area contributed by atoms with Crippen molar-refractivity contribution < 1.29 is 26.7 Å². The molecule has 1 nitrogen and oxygen atoms in total. The van der Waals surface area contributed by atoms with Gasteiger partial charge in [0, 0.05) is 0 Å². The summed E-state index contributed by atoms with van der Waals surface area (Å²) in [6.07, 6.45) is -3.80. The van der Waals surface area contributed by atoms with Crippen molar-refractivity contribution in [1.82, 2.24) is 0 Å². The van der Waals surface area contributed by atoms with E-state index in [1.54, 1.807) is 0 Å². The average molecular weight is 184 g/mol. The topological polar surface area (TPSA) is 9.23 Å². The average Bonchev–Trinajstić information content (AvgIpc) is 1.60. The van der Waals surface area contributed by atoms with E-state index in [4.69, 9.17) is 0 Å². The van der Waals surface area contributed by atoms with Crippen molar-refractivity contribution in [1.29, 1.82) is 0 Å². The molecule has 0 aromatic heterocycles. The molecule has 62 valence electrons. The van der Waals surface area contributed by atoms with Crippen molar-refractivity contribution in [3.63, 3.8) is 0 Å². The molecular weight excluding hydrogens is 182 g/mol. The number of halogens is 6. The first-order valence-corrected chi connectivity index (χ1v) is 2.36. The van der Waals surface area contributed by atoms with Gasteiger partial charge in [0.15, 0.2) is 0 Å². The van der Waals surface area contributed by atoms with Gasteiger partial charge in [0.2, 0.25) is 0 Å². The molecule has 10 heavy (non-hydrogen) atoms. The van der Waals surface area contributed by atoms with E-state index < -0.39 is 18.4 Å². The summed E-state index contributed by atoms with van der Waals surface area (Å²) >= 11 is 4.15. The second kappa shape index (κ2) is 3.34. The molecule has 0 rings (SSSR count). The van der Waals surface area contributed by atoms with E-state index >= 15 is 0 Å². The van der Waals surface area contributed by atoms with Crippen molar-refractivity contribution in [2.45, 2.75) is 18.4 Å². The monoisotopic (exact) mass is 184 g/mol. The molecule has 0 bridgehead atoms. The zero-order chi connectivity index (χ0) is 8.36. The predicted octanol–water partition coefficient (Wildman–Crippen LogP) is 2.35. The third-order valence-corrected chi connectivity index (χ3v) is 0.754. The molecular formula is C3H2ClF5O. The van der Waals surface area contributed by atoms with Gasteiger partial charge in [-0.1, -0.05) is 0 Å². The zero-order valence-electron chi connectivity index (χ0n) is 4.33. The Morgan fingerprint density at radius 1 is 1.20 bits per heavy atom. The molecule has 0 spiro atoms. The Labute approximate surface area is 57.7 Å². The first-order chi connectivity index (χ1) is 4.36. The minimum Gasteiger partial charge on any atom is -0.267 e. The van der Waals surface area contributed by atoms with Crippen molar-refractivity contribution in [3.8, 4) is 0 Å². The van der Waals surface area contributed by atoms with E-state index in [0.717, 1.165) is 0 Å². The maximum atomic E-state index is 11.8. The summed E-state index contributed by atoms with van der Waals surface area (Å²) in [5, 5.41) is -4.09. The molecule has 0 aliphatic heterocycles. The number of ether oxygens (including phenoxy) is 1. The minimum absolute atomic E-state index is 2.71. The third-order valence-electron chi connectivity index (χ3n) is 0.500. The molecule has 0 aromatic rings. The first kappa shape index (κ1) is 9.90. The molecule has 0 fully saturated rings. The van der Waals surface area contributed by atoms with Crippen LogP contribution in [0.1, 0.15) is 0 Å². The van der Waals surface area contributed by atoms with Gasteiger partial charge in [-0.3, -0.25) is 4.74 Å². The molecule has 0 heterocycles. The predicted molar refractivity (Wildman–Crippen MR) is 22.8 cm³/mol. The first-order valence-electron chi connectivity index (χ1n) is 1.98. The fourth-order valence-electron chi connectivity index (χ4n) is 0.170. The van der Waals surface area contributed by atoms with Crippen molar-refractivity contribution in [2.75, 3.05) is 0 Å². The normalized spacial score (nSPS) is 18.0. The van der Waals surface area contributed by atoms with Gasteiger partial charge in [0.1, 0.15) is 0 Å². The largest absolute Gasteiger partial charge is 0.352 e. The van der Waals surface area contributed by atoms with Crippen LogP contribution in [0.5, 0.6) is 0 Å². The van der Waals surface area contributed by atoms with Crippen LogP contribution in [0.15, 0.2) is 0 Å². The maximum absolute atomic E-state index is 11.8. The number of hydrogen-bond donors (Lipinski definition) is 0. The lowest BCUT2D eigenvalue weighted by Gasteiger charge is -2.15. The minimum atomic E-state index is -4.09. The Kier molecular flexibility index (Phi) is 3.30. The second-order valence-corrected chi connectivity index (χ2v) is 1.76. The Hall–Kier alpha value is -0.100. The maximum Gasteiger partial charge on any atom is 0.352 e. The van der Waals surface area contributed by atoms with Crippen LogP contribution >= 0.6 is 11.6 Å². The van der Waals surface area contributed by atoms with Crippen LogP contribution in [0, 0.1) is 0 Å². The summed E-state index contributed by atoms with van der Waals surface area (Å²) in [5.41, 5.74) is 0. The summed E-state index contributed by atoms with van der Waals surface area (Å²) in [6.45, 7) is -3.66. The van der Waals surface area contributed by atoms with Crippen LogP contribution in [-0.2, 0) is 4.74 Å². The van der Waals surface area contributed by atoms with Crippen LogP contribution < -0.4 is 0 Å². The fraction of sp³-hybridized carbons (Fsp3) is 1.00. The van der Waals surface area contributed by atoms with E-state index in [9.17, 15) is 22.0 Å². The van der Waals surface area contributed by atoms with E-state index in [1.165, 1.54) is 0 Å². The molecule has 0 saturated carbocycles. The van der Waals surface area contributed by atoms with E-state index in [1.807, 2.05) is 0 Å². The van der Waals surface area contributed by atoms with Crippen LogP contribution in [0.3, 0.4) is 0 Å². The summed E-state index contributed by atoms with van der Waals surface area (Å²) in [6, 6.07) is 0. The molecule has 0 saturated heterocycles. The van der Waals surface area contributed by atoms with Gasteiger partial charge < -0.3 is 0 Å². The number of hydrogen-bond acceptors (Lipinski definition) is 1. The molecule has 7 heteroatoms.